The Bertz CT molecular complexity index is 1770. The third-order valence-electron chi connectivity index (χ3n) is 7.50. The molecule has 40 heavy (non-hydrogen) atoms. The number of hydrogen-bond donors (Lipinski definition) is 1. The molecule has 1 aliphatic rings. The molecule has 6 rings (SSSR count). The molecule has 0 amide bonds. The first-order chi connectivity index (χ1) is 19.4. The van der Waals surface area contributed by atoms with Crippen molar-refractivity contribution in [2.24, 2.45) is 0 Å². The number of nitriles is 1. The fourth-order valence-electron chi connectivity index (χ4n) is 5.49. The van der Waals surface area contributed by atoms with Crippen molar-refractivity contribution in [1.82, 2.24) is 0 Å². The molecule has 0 saturated heterocycles. The zero-order chi connectivity index (χ0) is 27.9. The third-order valence-corrected chi connectivity index (χ3v) is 8.58. The van der Waals surface area contributed by atoms with Crippen LogP contribution in [0.2, 0.25) is 0 Å². The molecule has 0 spiro atoms. The number of carboxylic acid groups (broad SMARTS) is 1. The van der Waals surface area contributed by atoms with Crippen LogP contribution in [0, 0.1) is 11.3 Å². The summed E-state index contributed by atoms with van der Waals surface area (Å²) < 4.78 is 0. The highest BCUT2D eigenvalue weighted by molar-refractivity contribution is 7.16. The molecule has 1 heterocycles. The lowest BCUT2D eigenvalue weighted by Crippen LogP contribution is -2.16. The van der Waals surface area contributed by atoms with Gasteiger partial charge in [-0.25, -0.2) is 4.79 Å². The highest BCUT2D eigenvalue weighted by Crippen LogP contribution is 2.51. The molecule has 0 aliphatic heterocycles. The molecule has 4 aromatic carbocycles. The Morgan fingerprint density at radius 1 is 0.800 bits per heavy atom. The first kappa shape index (κ1) is 25.4. The van der Waals surface area contributed by atoms with Crippen LogP contribution in [0.5, 0.6) is 0 Å². The summed E-state index contributed by atoms with van der Waals surface area (Å²) in [4.78, 5) is 15.3. The van der Waals surface area contributed by atoms with Crippen LogP contribution in [0.25, 0.3) is 27.6 Å². The van der Waals surface area contributed by atoms with E-state index in [4.69, 9.17) is 5.26 Å². The molecular weight excluding hydrogens is 512 g/mol. The van der Waals surface area contributed by atoms with Gasteiger partial charge >= 0.3 is 5.97 Å². The topological polar surface area (TPSA) is 64.3 Å². The summed E-state index contributed by atoms with van der Waals surface area (Å²) in [5, 5.41) is 18.3. The highest BCUT2D eigenvalue weighted by Gasteiger charge is 2.36. The minimum Gasteiger partial charge on any atom is -0.477 e. The number of benzene rings is 4. The average molecular weight is 539 g/mol. The zero-order valence-corrected chi connectivity index (χ0v) is 22.9. The van der Waals surface area contributed by atoms with E-state index in [0.29, 0.717) is 0 Å². The van der Waals surface area contributed by atoms with Gasteiger partial charge in [0.2, 0.25) is 0 Å². The minimum absolute atomic E-state index is 0.215. The van der Waals surface area contributed by atoms with E-state index in [1.807, 2.05) is 24.3 Å². The number of carbonyl (C=O) groups is 1. The standard InChI is InChI=1S/C35H26N2O2S/c1-35(2)31-20-23(33-18-15-28(40-33)19-24(22-36)34(38)39)13-16-29(31)30-17-14-27(21-32(30)35)37(25-9-5-3-6-10-25)26-11-7-4-8-12-26/h3-21H,1-2H3,(H,38,39). The Balaban J connectivity index is 1.40. The summed E-state index contributed by atoms with van der Waals surface area (Å²) in [6.45, 7) is 4.55. The number of hydrogen-bond acceptors (Lipinski definition) is 4. The lowest BCUT2D eigenvalue weighted by molar-refractivity contribution is -0.132. The molecular formula is C35H26N2O2S. The molecule has 1 aliphatic carbocycles. The van der Waals surface area contributed by atoms with Gasteiger partial charge in [-0.3, -0.25) is 0 Å². The van der Waals surface area contributed by atoms with Gasteiger partial charge in [0.15, 0.2) is 0 Å². The maximum atomic E-state index is 11.3. The normalized spacial score (nSPS) is 13.3. The van der Waals surface area contributed by atoms with Gasteiger partial charge in [-0.15, -0.1) is 11.3 Å². The molecule has 0 bridgehead atoms. The van der Waals surface area contributed by atoms with Gasteiger partial charge in [0.1, 0.15) is 11.6 Å². The number of para-hydroxylation sites is 2. The predicted molar refractivity (Wildman–Crippen MR) is 163 cm³/mol. The van der Waals surface area contributed by atoms with Gasteiger partial charge in [-0.2, -0.15) is 5.26 Å². The van der Waals surface area contributed by atoms with E-state index >= 15 is 0 Å². The molecule has 0 unspecified atom stereocenters. The molecule has 1 N–H and O–H groups in total. The Hall–Kier alpha value is -4.92. The van der Waals surface area contributed by atoms with E-state index in [2.05, 4.69) is 104 Å². The Morgan fingerprint density at radius 3 is 2.00 bits per heavy atom. The largest absolute Gasteiger partial charge is 0.477 e. The molecule has 5 aromatic rings. The summed E-state index contributed by atoms with van der Waals surface area (Å²) >= 11 is 1.48. The van der Waals surface area contributed by atoms with Crippen LogP contribution in [0.4, 0.5) is 17.1 Å². The first-order valence-corrected chi connectivity index (χ1v) is 13.8. The van der Waals surface area contributed by atoms with Crippen molar-refractivity contribution in [1.29, 1.82) is 5.26 Å². The number of aliphatic carboxylic acids is 1. The van der Waals surface area contributed by atoms with Crippen LogP contribution >= 0.6 is 11.3 Å². The molecule has 194 valence electrons. The molecule has 0 radical (unpaired) electrons. The van der Waals surface area contributed by atoms with Gasteiger partial charge in [-0.05, 0) is 88.5 Å². The van der Waals surface area contributed by atoms with Crippen LogP contribution in [-0.2, 0) is 10.2 Å². The second-order valence-electron chi connectivity index (χ2n) is 10.3. The van der Waals surface area contributed by atoms with Crippen molar-refractivity contribution in [2.45, 2.75) is 19.3 Å². The van der Waals surface area contributed by atoms with Crippen LogP contribution < -0.4 is 4.90 Å². The maximum Gasteiger partial charge on any atom is 0.346 e. The molecule has 0 atom stereocenters. The van der Waals surface area contributed by atoms with Crippen molar-refractivity contribution in [3.8, 4) is 27.6 Å². The van der Waals surface area contributed by atoms with Crippen molar-refractivity contribution in [2.75, 3.05) is 4.90 Å². The SMILES string of the molecule is CC1(C)c2cc(-c3ccc(C=C(C#N)C(=O)O)s3)ccc2-c2ccc(N(c3ccccc3)c3ccccc3)cc21. The van der Waals surface area contributed by atoms with E-state index < -0.39 is 5.97 Å². The number of carboxylic acids is 1. The van der Waals surface area contributed by atoms with E-state index in [1.165, 1.54) is 39.7 Å². The number of anilines is 3. The summed E-state index contributed by atoms with van der Waals surface area (Å²) in [5.74, 6) is -1.22. The minimum atomic E-state index is -1.22. The van der Waals surface area contributed by atoms with E-state index in [9.17, 15) is 9.90 Å². The Labute approximate surface area is 237 Å². The van der Waals surface area contributed by atoms with E-state index in [0.717, 1.165) is 32.4 Å². The number of nitrogens with zero attached hydrogens (tertiary/aromatic N) is 2. The Morgan fingerprint density at radius 2 is 1.40 bits per heavy atom. The van der Waals surface area contributed by atoms with Gasteiger partial charge in [-0.1, -0.05) is 68.4 Å². The lowest BCUT2D eigenvalue weighted by atomic mass is 9.81. The van der Waals surface area contributed by atoms with Crippen LogP contribution in [0.3, 0.4) is 0 Å². The van der Waals surface area contributed by atoms with Gasteiger partial charge in [0, 0.05) is 32.2 Å². The number of rotatable bonds is 6. The fourth-order valence-corrected chi connectivity index (χ4v) is 6.44. The van der Waals surface area contributed by atoms with Crippen LogP contribution in [0.1, 0.15) is 29.9 Å². The second-order valence-corrected chi connectivity index (χ2v) is 11.4. The third kappa shape index (κ3) is 4.39. The summed E-state index contributed by atoms with van der Waals surface area (Å²) in [7, 11) is 0. The van der Waals surface area contributed by atoms with Gasteiger partial charge < -0.3 is 10.0 Å². The molecule has 0 saturated carbocycles. The average Bonchev–Trinajstić information content (AvgIpc) is 3.53. The smallest absolute Gasteiger partial charge is 0.346 e. The quantitative estimate of drug-likeness (QED) is 0.173. The molecule has 1 aromatic heterocycles. The summed E-state index contributed by atoms with van der Waals surface area (Å²) in [5.41, 5.74) is 8.93. The Kier molecular flexibility index (Phi) is 6.34. The zero-order valence-electron chi connectivity index (χ0n) is 22.1. The molecule has 5 heteroatoms. The van der Waals surface area contributed by atoms with Crippen molar-refractivity contribution in [3.05, 3.63) is 131 Å². The van der Waals surface area contributed by atoms with Crippen molar-refractivity contribution < 1.29 is 9.90 Å². The van der Waals surface area contributed by atoms with Gasteiger partial charge in [0.25, 0.3) is 0 Å². The molecule has 0 fully saturated rings. The monoisotopic (exact) mass is 538 g/mol. The van der Waals surface area contributed by atoms with Crippen molar-refractivity contribution >= 4 is 40.4 Å². The van der Waals surface area contributed by atoms with E-state index in [-0.39, 0.29) is 11.0 Å². The molecule has 4 nitrogen and oxygen atoms in total. The van der Waals surface area contributed by atoms with Crippen LogP contribution in [-0.4, -0.2) is 11.1 Å². The van der Waals surface area contributed by atoms with E-state index in [1.54, 1.807) is 6.07 Å². The number of fused-ring (bicyclic) bond motifs is 3. The van der Waals surface area contributed by atoms with Crippen LogP contribution in [0.15, 0.2) is 115 Å². The predicted octanol–water partition coefficient (Wildman–Crippen LogP) is 9.18. The lowest BCUT2D eigenvalue weighted by Gasteiger charge is -2.28. The van der Waals surface area contributed by atoms with Gasteiger partial charge in [0.05, 0.1) is 0 Å². The maximum absolute atomic E-state index is 11.3. The highest BCUT2D eigenvalue weighted by atomic mass is 32.1. The fraction of sp³-hybridized carbons (Fsp3) is 0.0857. The van der Waals surface area contributed by atoms with Crippen molar-refractivity contribution in [3.63, 3.8) is 0 Å². The number of thiophene rings is 1. The summed E-state index contributed by atoms with van der Waals surface area (Å²) in [6.07, 6.45) is 1.43. The first-order valence-electron chi connectivity index (χ1n) is 13.0. The summed E-state index contributed by atoms with van der Waals surface area (Å²) in [6, 6.07) is 39.8. The second kappa shape index (κ2) is 10.00.